The monoisotopic (exact) mass is 328 g/mol. The number of nitrogens with zero attached hydrogens (tertiary/aromatic N) is 2. The lowest BCUT2D eigenvalue weighted by atomic mass is 9.98. The zero-order valence-corrected chi connectivity index (χ0v) is 13.5. The van der Waals surface area contributed by atoms with Gasteiger partial charge in [0.2, 0.25) is 0 Å². The van der Waals surface area contributed by atoms with Gasteiger partial charge in [-0.25, -0.2) is 0 Å². The van der Waals surface area contributed by atoms with Gasteiger partial charge in [-0.1, -0.05) is 24.3 Å². The van der Waals surface area contributed by atoms with Crippen LogP contribution in [0, 0.1) is 0 Å². The van der Waals surface area contributed by atoms with Crippen LogP contribution in [0.4, 0.5) is 0 Å². The second kappa shape index (κ2) is 5.09. The summed E-state index contributed by atoms with van der Waals surface area (Å²) in [6.07, 6.45) is 0.806. The molecule has 4 rings (SSSR count). The van der Waals surface area contributed by atoms with Crippen molar-refractivity contribution in [3.8, 4) is 5.75 Å². The van der Waals surface area contributed by atoms with Gasteiger partial charge in [0.1, 0.15) is 10.6 Å². The molecule has 5 nitrogen and oxygen atoms in total. The van der Waals surface area contributed by atoms with E-state index in [1.165, 1.54) is 5.56 Å². The van der Waals surface area contributed by atoms with Crippen molar-refractivity contribution in [1.82, 2.24) is 4.90 Å². The minimum absolute atomic E-state index is 0.298. The Morgan fingerprint density at radius 2 is 1.96 bits per heavy atom. The van der Waals surface area contributed by atoms with E-state index < -0.39 is 10.0 Å². The lowest BCUT2D eigenvalue weighted by molar-refractivity contribution is 0.371. The first-order valence-corrected chi connectivity index (χ1v) is 8.88. The predicted octanol–water partition coefficient (Wildman–Crippen LogP) is 2.20. The van der Waals surface area contributed by atoms with Crippen LogP contribution in [0.5, 0.6) is 5.75 Å². The second-order valence-electron chi connectivity index (χ2n) is 5.66. The number of hydrogen-bond acceptors (Lipinski definition) is 4. The van der Waals surface area contributed by atoms with Gasteiger partial charge in [0.15, 0.2) is 5.84 Å². The molecule has 0 saturated carbocycles. The first-order chi connectivity index (χ1) is 11.1. The van der Waals surface area contributed by atoms with Crippen LogP contribution in [0.3, 0.4) is 0 Å². The Morgan fingerprint density at radius 1 is 1.13 bits per heavy atom. The van der Waals surface area contributed by atoms with E-state index in [4.69, 9.17) is 4.74 Å². The number of methoxy groups -OCH3 is 1. The molecule has 0 spiro atoms. The van der Waals surface area contributed by atoms with E-state index in [9.17, 15) is 8.42 Å². The molecule has 2 aliphatic heterocycles. The lowest BCUT2D eigenvalue weighted by Gasteiger charge is -2.31. The lowest BCUT2D eigenvalue weighted by Crippen LogP contribution is -2.36. The van der Waals surface area contributed by atoms with Gasteiger partial charge in [0.25, 0.3) is 10.0 Å². The molecule has 0 amide bonds. The third-order valence-corrected chi connectivity index (χ3v) is 5.68. The van der Waals surface area contributed by atoms with Gasteiger partial charge in [-0.3, -0.25) is 0 Å². The Kier molecular flexibility index (Phi) is 3.16. The molecule has 0 atom stereocenters. The Bertz CT molecular complexity index is 919. The van der Waals surface area contributed by atoms with Crippen LogP contribution in [0.25, 0.3) is 0 Å². The Hall–Kier alpha value is -2.34. The van der Waals surface area contributed by atoms with Crippen molar-refractivity contribution in [2.24, 2.45) is 4.40 Å². The first kappa shape index (κ1) is 14.3. The summed E-state index contributed by atoms with van der Waals surface area (Å²) in [6, 6.07) is 13.0. The molecule has 0 aliphatic carbocycles. The van der Waals surface area contributed by atoms with E-state index in [0.29, 0.717) is 22.8 Å². The number of hydrogen-bond donors (Lipinski definition) is 0. The summed E-state index contributed by atoms with van der Waals surface area (Å²) in [6.45, 7) is 1.35. The number of rotatable bonds is 1. The quantitative estimate of drug-likeness (QED) is 0.805. The van der Waals surface area contributed by atoms with Crippen LogP contribution >= 0.6 is 0 Å². The van der Waals surface area contributed by atoms with Gasteiger partial charge >= 0.3 is 0 Å². The highest BCUT2D eigenvalue weighted by Crippen LogP contribution is 2.32. The van der Waals surface area contributed by atoms with Crippen LogP contribution < -0.4 is 4.74 Å². The van der Waals surface area contributed by atoms with E-state index in [0.717, 1.165) is 24.3 Å². The highest BCUT2D eigenvalue weighted by Gasteiger charge is 2.33. The molecule has 118 valence electrons. The molecule has 0 unspecified atom stereocenters. The van der Waals surface area contributed by atoms with Crippen molar-refractivity contribution in [2.45, 2.75) is 17.9 Å². The Morgan fingerprint density at radius 3 is 2.78 bits per heavy atom. The van der Waals surface area contributed by atoms with Crippen molar-refractivity contribution >= 4 is 15.9 Å². The molecule has 0 aromatic heterocycles. The highest BCUT2D eigenvalue weighted by atomic mass is 32.2. The molecule has 0 bridgehead atoms. The molecule has 2 heterocycles. The number of sulfonamides is 1. The average Bonchev–Trinajstić information content (AvgIpc) is 2.85. The summed E-state index contributed by atoms with van der Waals surface area (Å²) in [7, 11) is -1.90. The van der Waals surface area contributed by atoms with Crippen LogP contribution in [0.1, 0.15) is 16.7 Å². The average molecular weight is 328 g/mol. The van der Waals surface area contributed by atoms with Crippen LogP contribution in [0.2, 0.25) is 0 Å². The van der Waals surface area contributed by atoms with Crippen molar-refractivity contribution < 1.29 is 13.2 Å². The van der Waals surface area contributed by atoms with Gasteiger partial charge in [-0.2, -0.15) is 8.42 Å². The molecule has 0 N–H and O–H groups in total. The van der Waals surface area contributed by atoms with Gasteiger partial charge in [0.05, 0.1) is 7.11 Å². The maximum atomic E-state index is 12.2. The van der Waals surface area contributed by atoms with Gasteiger partial charge < -0.3 is 9.64 Å². The standard InChI is InChI=1S/C17H16N2O3S/c1-22-15-7-4-5-12-11-19(10-9-13(12)15)17-14-6-2-3-8-16(14)23(20,21)18-17/h2-8H,9-11H2,1H3. The summed E-state index contributed by atoms with van der Waals surface area (Å²) >= 11 is 0. The molecule has 0 radical (unpaired) electrons. The summed E-state index contributed by atoms with van der Waals surface area (Å²) in [5.74, 6) is 1.44. The fourth-order valence-corrected chi connectivity index (χ4v) is 4.49. The van der Waals surface area contributed by atoms with Crippen molar-refractivity contribution in [1.29, 1.82) is 0 Å². The largest absolute Gasteiger partial charge is 0.496 e. The third-order valence-electron chi connectivity index (χ3n) is 4.35. The number of ether oxygens (including phenoxy) is 1. The first-order valence-electron chi connectivity index (χ1n) is 7.44. The molecular formula is C17H16N2O3S. The van der Waals surface area contributed by atoms with Crippen molar-refractivity contribution in [2.75, 3.05) is 13.7 Å². The highest BCUT2D eigenvalue weighted by molar-refractivity contribution is 7.90. The summed E-state index contributed by atoms with van der Waals surface area (Å²) in [4.78, 5) is 2.33. The summed E-state index contributed by atoms with van der Waals surface area (Å²) < 4.78 is 33.9. The zero-order valence-electron chi connectivity index (χ0n) is 12.7. The SMILES string of the molecule is COc1cccc2c1CCN(C1=NS(=O)(=O)c3ccccc31)C2. The van der Waals surface area contributed by atoms with Gasteiger partial charge in [-0.15, -0.1) is 4.40 Å². The molecular weight excluding hydrogens is 312 g/mol. The third kappa shape index (κ3) is 2.21. The molecule has 6 heteroatoms. The number of fused-ring (bicyclic) bond motifs is 2. The summed E-state index contributed by atoms with van der Waals surface area (Å²) in [5, 5.41) is 0. The van der Waals surface area contributed by atoms with Crippen molar-refractivity contribution in [3.63, 3.8) is 0 Å². The Balaban J connectivity index is 1.74. The maximum absolute atomic E-state index is 12.2. The molecule has 0 saturated heterocycles. The molecule has 23 heavy (non-hydrogen) atoms. The van der Waals surface area contributed by atoms with Gasteiger partial charge in [0, 0.05) is 24.2 Å². The molecule has 2 aromatic rings. The van der Waals surface area contributed by atoms with E-state index >= 15 is 0 Å². The fraction of sp³-hybridized carbons (Fsp3) is 0.235. The van der Waals surface area contributed by atoms with Crippen LogP contribution in [-0.2, 0) is 23.0 Å². The molecule has 0 fully saturated rings. The van der Waals surface area contributed by atoms with E-state index in [1.807, 2.05) is 29.2 Å². The predicted molar refractivity (Wildman–Crippen MR) is 87.3 cm³/mol. The topological polar surface area (TPSA) is 59.0 Å². The van der Waals surface area contributed by atoms with E-state index in [1.54, 1.807) is 19.2 Å². The smallest absolute Gasteiger partial charge is 0.285 e. The minimum Gasteiger partial charge on any atom is -0.496 e. The van der Waals surface area contributed by atoms with Crippen LogP contribution in [-0.4, -0.2) is 32.8 Å². The molecule has 2 aliphatic rings. The Labute approximate surface area is 135 Å². The number of benzene rings is 2. The van der Waals surface area contributed by atoms with E-state index in [2.05, 4.69) is 10.5 Å². The maximum Gasteiger partial charge on any atom is 0.285 e. The zero-order chi connectivity index (χ0) is 16.0. The minimum atomic E-state index is -3.57. The van der Waals surface area contributed by atoms with Crippen molar-refractivity contribution in [3.05, 3.63) is 59.2 Å². The normalized spacial score (nSPS) is 18.1. The van der Waals surface area contributed by atoms with Crippen LogP contribution in [0.15, 0.2) is 51.8 Å². The number of amidine groups is 1. The fourth-order valence-electron chi connectivity index (χ4n) is 3.26. The second-order valence-corrected chi connectivity index (χ2v) is 7.23. The van der Waals surface area contributed by atoms with E-state index in [-0.39, 0.29) is 0 Å². The summed E-state index contributed by atoms with van der Waals surface area (Å²) in [5.41, 5.74) is 3.04. The molecule has 2 aromatic carbocycles. The van der Waals surface area contributed by atoms with Gasteiger partial charge in [-0.05, 0) is 30.2 Å².